The molecule has 30 heavy (non-hydrogen) atoms. The number of nitrogens with zero attached hydrogens (tertiary/aromatic N) is 1. The van der Waals surface area contributed by atoms with Gasteiger partial charge in [0.1, 0.15) is 11.8 Å². The van der Waals surface area contributed by atoms with Crippen molar-refractivity contribution in [3.63, 3.8) is 0 Å². The molecule has 0 aromatic heterocycles. The van der Waals surface area contributed by atoms with Crippen molar-refractivity contribution in [3.05, 3.63) is 0 Å². The number of carbonyl (C=O) groups is 2. The predicted molar refractivity (Wildman–Crippen MR) is 117 cm³/mol. The number of ether oxygens (including phenoxy) is 1. The lowest BCUT2D eigenvalue weighted by molar-refractivity contribution is -0.927. The molecule has 0 aromatic carbocycles. The van der Waals surface area contributed by atoms with Gasteiger partial charge >= 0.3 is 5.97 Å². The summed E-state index contributed by atoms with van der Waals surface area (Å²) in [6.07, 6.45) is 11.7. The molecule has 0 aromatic rings. The van der Waals surface area contributed by atoms with Gasteiger partial charge in [-0.25, -0.2) is 0 Å². The molecule has 1 aliphatic heterocycles. The molecule has 8 atom stereocenters. The Morgan fingerprint density at radius 2 is 1.80 bits per heavy atom. The predicted octanol–water partition coefficient (Wildman–Crippen LogP) is 4.75. The summed E-state index contributed by atoms with van der Waals surface area (Å²) in [6, 6.07) is 0.440. The second-order valence-electron chi connectivity index (χ2n) is 12.4. The highest BCUT2D eigenvalue weighted by atomic mass is 16.5. The second-order valence-corrected chi connectivity index (χ2v) is 12.4. The lowest BCUT2D eigenvalue weighted by atomic mass is 9.44. The molecule has 5 fully saturated rings. The van der Waals surface area contributed by atoms with Crippen LogP contribution in [0.1, 0.15) is 85.0 Å². The van der Waals surface area contributed by atoms with E-state index < -0.39 is 0 Å². The summed E-state index contributed by atoms with van der Waals surface area (Å²) in [7, 11) is 2.42. The molecule has 1 heterocycles. The summed E-state index contributed by atoms with van der Waals surface area (Å²) in [5, 5.41) is 0. The maximum Gasteiger partial charge on any atom is 0.303 e. The van der Waals surface area contributed by atoms with Crippen LogP contribution in [-0.2, 0) is 14.3 Å². The van der Waals surface area contributed by atoms with Crippen LogP contribution < -0.4 is 0 Å². The van der Waals surface area contributed by atoms with Crippen molar-refractivity contribution in [1.82, 2.24) is 0 Å². The van der Waals surface area contributed by atoms with Crippen LogP contribution in [0.5, 0.6) is 0 Å². The number of hydrogen-bond donors (Lipinski definition) is 0. The van der Waals surface area contributed by atoms with E-state index in [0.29, 0.717) is 29.1 Å². The first kappa shape index (κ1) is 21.0. The second kappa shape index (κ2) is 7.05. The van der Waals surface area contributed by atoms with Crippen LogP contribution in [0, 0.1) is 34.5 Å². The van der Waals surface area contributed by atoms with E-state index >= 15 is 0 Å². The maximum absolute atomic E-state index is 12.7. The van der Waals surface area contributed by atoms with Gasteiger partial charge in [0, 0.05) is 38.0 Å². The average Bonchev–Trinajstić information content (AvgIpc) is 3.25. The van der Waals surface area contributed by atoms with Crippen LogP contribution in [-0.4, -0.2) is 48.5 Å². The van der Waals surface area contributed by atoms with Gasteiger partial charge in [0.25, 0.3) is 0 Å². The first-order valence-corrected chi connectivity index (χ1v) is 12.7. The van der Waals surface area contributed by atoms with Gasteiger partial charge in [0.05, 0.1) is 20.1 Å². The Morgan fingerprint density at radius 1 is 1.07 bits per heavy atom. The van der Waals surface area contributed by atoms with Crippen molar-refractivity contribution >= 4 is 11.8 Å². The van der Waals surface area contributed by atoms with Crippen molar-refractivity contribution in [2.24, 2.45) is 34.5 Å². The first-order chi connectivity index (χ1) is 14.2. The molecular weight excluding hydrogens is 374 g/mol. The monoisotopic (exact) mass is 416 g/mol. The minimum absolute atomic E-state index is 0.0355. The van der Waals surface area contributed by atoms with Gasteiger partial charge in [0.2, 0.25) is 0 Å². The number of esters is 1. The van der Waals surface area contributed by atoms with Crippen LogP contribution in [0.2, 0.25) is 0 Å². The summed E-state index contributed by atoms with van der Waals surface area (Å²) in [5.74, 6) is 3.19. The molecular formula is C26H42NO3+. The van der Waals surface area contributed by atoms with Gasteiger partial charge in [-0.2, -0.15) is 0 Å². The number of ketones is 1. The fourth-order valence-electron chi connectivity index (χ4n) is 9.38. The number of hydrogen-bond acceptors (Lipinski definition) is 3. The SMILES string of the molecule is CC(=O)O[C@H]1C[C@@H]2CC[C@@H]3[C@H](CC[C@]4(C)C(=O)CC[C@@H]34)[C@@]2(C)C[C@@H]1[N+]1(C)CCCC1. The van der Waals surface area contributed by atoms with E-state index in [-0.39, 0.29) is 17.5 Å². The van der Waals surface area contributed by atoms with Gasteiger partial charge in [-0.1, -0.05) is 13.8 Å². The van der Waals surface area contributed by atoms with E-state index in [1.54, 1.807) is 6.92 Å². The number of rotatable bonds is 2. The van der Waals surface area contributed by atoms with Crippen LogP contribution in [0.3, 0.4) is 0 Å². The summed E-state index contributed by atoms with van der Waals surface area (Å²) < 4.78 is 7.11. The quantitative estimate of drug-likeness (QED) is 0.482. The Bertz CT molecular complexity index is 728. The van der Waals surface area contributed by atoms with E-state index in [2.05, 4.69) is 20.9 Å². The molecule has 4 nitrogen and oxygen atoms in total. The van der Waals surface area contributed by atoms with E-state index in [9.17, 15) is 9.59 Å². The third kappa shape index (κ3) is 2.95. The largest absolute Gasteiger partial charge is 0.456 e. The van der Waals surface area contributed by atoms with E-state index in [0.717, 1.165) is 42.0 Å². The fourth-order valence-corrected chi connectivity index (χ4v) is 9.38. The lowest BCUT2D eigenvalue weighted by Crippen LogP contribution is -2.64. The Kier molecular flexibility index (Phi) is 4.93. The Balaban J connectivity index is 1.46. The van der Waals surface area contributed by atoms with E-state index in [1.165, 1.54) is 51.6 Å². The van der Waals surface area contributed by atoms with Crippen LogP contribution in [0.25, 0.3) is 0 Å². The number of Topliss-reactive ketones (excluding diaryl/α,β-unsaturated/α-hetero) is 1. The maximum atomic E-state index is 12.7. The van der Waals surface area contributed by atoms with Crippen molar-refractivity contribution in [2.75, 3.05) is 20.1 Å². The van der Waals surface area contributed by atoms with Gasteiger partial charge in [-0.3, -0.25) is 9.59 Å². The molecule has 0 bridgehead atoms. The minimum atomic E-state index is -0.106. The molecule has 0 spiro atoms. The first-order valence-electron chi connectivity index (χ1n) is 12.7. The topological polar surface area (TPSA) is 43.4 Å². The highest BCUT2D eigenvalue weighted by Gasteiger charge is 2.63. The minimum Gasteiger partial charge on any atom is -0.456 e. The van der Waals surface area contributed by atoms with Crippen molar-refractivity contribution in [3.8, 4) is 0 Å². The third-order valence-corrected chi connectivity index (χ3v) is 11.1. The van der Waals surface area contributed by atoms with Crippen molar-refractivity contribution < 1.29 is 18.8 Å². The smallest absolute Gasteiger partial charge is 0.303 e. The zero-order chi connectivity index (χ0) is 21.3. The zero-order valence-corrected chi connectivity index (χ0v) is 19.6. The highest BCUT2D eigenvalue weighted by molar-refractivity contribution is 5.87. The summed E-state index contributed by atoms with van der Waals surface area (Å²) in [5.41, 5.74) is 0.299. The number of quaternary nitrogens is 1. The van der Waals surface area contributed by atoms with Gasteiger partial charge in [0.15, 0.2) is 6.10 Å². The summed E-state index contributed by atoms with van der Waals surface area (Å²) in [6.45, 7) is 8.92. The number of likely N-dealkylation sites (N-methyl/N-ethyl adjacent to an activating group) is 1. The molecule has 0 unspecified atom stereocenters. The van der Waals surface area contributed by atoms with Gasteiger partial charge in [-0.15, -0.1) is 0 Å². The molecule has 5 rings (SSSR count). The van der Waals surface area contributed by atoms with Crippen LogP contribution >= 0.6 is 0 Å². The average molecular weight is 417 g/mol. The molecule has 0 radical (unpaired) electrons. The molecule has 0 N–H and O–H groups in total. The molecule has 0 amide bonds. The Labute approximate surface area is 182 Å². The molecule has 5 aliphatic rings. The molecule has 168 valence electrons. The number of carbonyl (C=O) groups excluding carboxylic acids is 2. The van der Waals surface area contributed by atoms with E-state index in [4.69, 9.17) is 4.74 Å². The highest BCUT2D eigenvalue weighted by Crippen LogP contribution is 2.66. The van der Waals surface area contributed by atoms with Gasteiger partial charge in [-0.05, 0) is 67.6 Å². The molecule has 4 heteroatoms. The standard InChI is InChI=1S/C26H42NO3/c1-17(28)30-23-15-18-7-8-19-20-9-10-24(29)25(20,2)12-11-21(19)26(18,3)16-22(23)27(4)13-5-6-14-27/h18-23H,5-16H2,1-4H3/q+1/t18-,19-,20-,21-,22-,23-,25-,26-/m0/s1. The number of fused-ring (bicyclic) bond motifs is 5. The Morgan fingerprint density at radius 3 is 2.50 bits per heavy atom. The summed E-state index contributed by atoms with van der Waals surface area (Å²) >= 11 is 0. The third-order valence-electron chi connectivity index (χ3n) is 11.1. The van der Waals surface area contributed by atoms with Gasteiger partial charge < -0.3 is 9.22 Å². The van der Waals surface area contributed by atoms with Crippen molar-refractivity contribution in [1.29, 1.82) is 0 Å². The molecule has 4 aliphatic carbocycles. The normalized spacial score (nSPS) is 49.8. The fraction of sp³-hybridized carbons (Fsp3) is 0.923. The molecule has 1 saturated heterocycles. The van der Waals surface area contributed by atoms with E-state index in [1.807, 2.05) is 0 Å². The van der Waals surface area contributed by atoms with Crippen LogP contribution in [0.4, 0.5) is 0 Å². The van der Waals surface area contributed by atoms with Crippen molar-refractivity contribution in [2.45, 2.75) is 97.1 Å². The Hall–Kier alpha value is -0.900. The zero-order valence-electron chi connectivity index (χ0n) is 19.6. The molecule has 4 saturated carbocycles. The van der Waals surface area contributed by atoms with Crippen LogP contribution in [0.15, 0.2) is 0 Å². The number of likely N-dealkylation sites (tertiary alicyclic amines) is 1. The summed E-state index contributed by atoms with van der Waals surface area (Å²) in [4.78, 5) is 24.7. The lowest BCUT2D eigenvalue weighted by Gasteiger charge is -2.62.